The standard InChI is InChI=1S/C10H12N4/c1-8(11)10-6-13-7-14(10)9-2-4-12-5-3-9/h2-8H,11H2,1H3/t8-/m0/s1. The van der Waals surface area contributed by atoms with E-state index in [0.717, 1.165) is 11.4 Å². The third-order valence-electron chi connectivity index (χ3n) is 2.07. The van der Waals surface area contributed by atoms with E-state index in [4.69, 9.17) is 5.73 Å². The molecule has 2 rings (SSSR count). The number of nitrogens with two attached hydrogens (primary N) is 1. The van der Waals surface area contributed by atoms with Gasteiger partial charge in [-0.15, -0.1) is 0 Å². The van der Waals surface area contributed by atoms with Crippen molar-refractivity contribution >= 4 is 0 Å². The molecule has 0 spiro atoms. The molecule has 0 radical (unpaired) electrons. The average Bonchev–Trinajstić information content (AvgIpc) is 2.67. The molecular formula is C10H12N4. The summed E-state index contributed by atoms with van der Waals surface area (Å²) < 4.78 is 1.96. The molecule has 0 bridgehead atoms. The van der Waals surface area contributed by atoms with Crippen molar-refractivity contribution in [1.82, 2.24) is 14.5 Å². The molecule has 0 saturated heterocycles. The lowest BCUT2D eigenvalue weighted by atomic mass is 10.2. The summed E-state index contributed by atoms with van der Waals surface area (Å²) in [6.45, 7) is 1.94. The second kappa shape index (κ2) is 3.59. The van der Waals surface area contributed by atoms with Gasteiger partial charge in [0.05, 0.1) is 18.2 Å². The van der Waals surface area contributed by atoms with Gasteiger partial charge in [-0.05, 0) is 19.1 Å². The fourth-order valence-corrected chi connectivity index (χ4v) is 1.36. The summed E-state index contributed by atoms with van der Waals surface area (Å²) in [5, 5.41) is 0. The number of hydrogen-bond donors (Lipinski definition) is 1. The monoisotopic (exact) mass is 188 g/mol. The molecular weight excluding hydrogens is 176 g/mol. The van der Waals surface area contributed by atoms with E-state index in [-0.39, 0.29) is 6.04 Å². The van der Waals surface area contributed by atoms with Crippen LogP contribution in [0.3, 0.4) is 0 Å². The van der Waals surface area contributed by atoms with Gasteiger partial charge in [0.2, 0.25) is 0 Å². The minimum Gasteiger partial charge on any atom is -0.323 e. The Bertz CT molecular complexity index is 405. The number of rotatable bonds is 2. The highest BCUT2D eigenvalue weighted by atomic mass is 15.1. The van der Waals surface area contributed by atoms with E-state index in [2.05, 4.69) is 9.97 Å². The van der Waals surface area contributed by atoms with Gasteiger partial charge >= 0.3 is 0 Å². The number of imidazole rings is 1. The molecule has 0 unspecified atom stereocenters. The smallest absolute Gasteiger partial charge is 0.0994 e. The van der Waals surface area contributed by atoms with Crippen molar-refractivity contribution in [2.45, 2.75) is 13.0 Å². The molecule has 0 amide bonds. The van der Waals surface area contributed by atoms with E-state index >= 15 is 0 Å². The molecule has 2 heterocycles. The molecule has 72 valence electrons. The number of pyridine rings is 1. The highest BCUT2D eigenvalue weighted by Crippen LogP contribution is 2.14. The first-order chi connectivity index (χ1) is 6.79. The molecule has 4 nitrogen and oxygen atoms in total. The van der Waals surface area contributed by atoms with Crippen molar-refractivity contribution in [2.75, 3.05) is 0 Å². The highest BCUT2D eigenvalue weighted by molar-refractivity contribution is 5.31. The molecule has 2 aromatic heterocycles. The Morgan fingerprint density at radius 3 is 2.64 bits per heavy atom. The van der Waals surface area contributed by atoms with Gasteiger partial charge in [-0.1, -0.05) is 0 Å². The first-order valence-electron chi connectivity index (χ1n) is 4.47. The lowest BCUT2D eigenvalue weighted by Crippen LogP contribution is -2.10. The fourth-order valence-electron chi connectivity index (χ4n) is 1.36. The summed E-state index contributed by atoms with van der Waals surface area (Å²) in [6.07, 6.45) is 7.04. The summed E-state index contributed by atoms with van der Waals surface area (Å²) >= 11 is 0. The Balaban J connectivity index is 2.47. The van der Waals surface area contributed by atoms with Crippen molar-refractivity contribution in [3.8, 4) is 5.69 Å². The molecule has 0 aliphatic carbocycles. The van der Waals surface area contributed by atoms with Crippen LogP contribution in [-0.2, 0) is 0 Å². The molecule has 0 fully saturated rings. The predicted molar refractivity (Wildman–Crippen MR) is 54.0 cm³/mol. The Morgan fingerprint density at radius 2 is 2.00 bits per heavy atom. The van der Waals surface area contributed by atoms with Crippen LogP contribution in [0, 0.1) is 0 Å². The van der Waals surface area contributed by atoms with Crippen LogP contribution in [0.5, 0.6) is 0 Å². The number of aromatic nitrogens is 3. The van der Waals surface area contributed by atoms with Crippen LogP contribution in [0.25, 0.3) is 5.69 Å². The van der Waals surface area contributed by atoms with Crippen molar-refractivity contribution in [3.63, 3.8) is 0 Å². The highest BCUT2D eigenvalue weighted by Gasteiger charge is 2.07. The van der Waals surface area contributed by atoms with Gasteiger partial charge in [-0.3, -0.25) is 4.98 Å². The average molecular weight is 188 g/mol. The lowest BCUT2D eigenvalue weighted by Gasteiger charge is -2.09. The zero-order valence-corrected chi connectivity index (χ0v) is 7.96. The van der Waals surface area contributed by atoms with Crippen molar-refractivity contribution in [1.29, 1.82) is 0 Å². The van der Waals surface area contributed by atoms with E-state index in [9.17, 15) is 0 Å². The quantitative estimate of drug-likeness (QED) is 0.772. The maximum Gasteiger partial charge on any atom is 0.0994 e. The third-order valence-corrected chi connectivity index (χ3v) is 2.07. The first-order valence-corrected chi connectivity index (χ1v) is 4.47. The van der Waals surface area contributed by atoms with E-state index in [1.807, 2.05) is 23.6 Å². The molecule has 2 aromatic rings. The zero-order chi connectivity index (χ0) is 9.97. The first kappa shape index (κ1) is 8.90. The Labute approximate surface area is 82.4 Å². The van der Waals surface area contributed by atoms with Crippen LogP contribution in [0.1, 0.15) is 18.7 Å². The summed E-state index contributed by atoms with van der Waals surface area (Å²) in [5.74, 6) is 0. The number of hydrogen-bond acceptors (Lipinski definition) is 3. The van der Waals surface area contributed by atoms with Crippen LogP contribution in [-0.4, -0.2) is 14.5 Å². The predicted octanol–water partition coefficient (Wildman–Crippen LogP) is 1.29. The van der Waals surface area contributed by atoms with E-state index < -0.39 is 0 Å². The largest absolute Gasteiger partial charge is 0.323 e. The number of nitrogens with zero attached hydrogens (tertiary/aromatic N) is 3. The molecule has 14 heavy (non-hydrogen) atoms. The zero-order valence-electron chi connectivity index (χ0n) is 7.96. The Kier molecular flexibility index (Phi) is 2.28. The molecule has 4 heteroatoms. The van der Waals surface area contributed by atoms with Crippen LogP contribution in [0.4, 0.5) is 0 Å². The Morgan fingerprint density at radius 1 is 1.29 bits per heavy atom. The lowest BCUT2D eigenvalue weighted by molar-refractivity contribution is 0.752. The second-order valence-corrected chi connectivity index (χ2v) is 3.18. The van der Waals surface area contributed by atoms with Gasteiger partial charge in [0.1, 0.15) is 0 Å². The summed E-state index contributed by atoms with van der Waals surface area (Å²) in [5.41, 5.74) is 7.85. The molecule has 0 aliphatic rings. The van der Waals surface area contributed by atoms with Gasteiger partial charge in [0.25, 0.3) is 0 Å². The summed E-state index contributed by atoms with van der Waals surface area (Å²) in [7, 11) is 0. The van der Waals surface area contributed by atoms with Gasteiger partial charge in [-0.2, -0.15) is 0 Å². The second-order valence-electron chi connectivity index (χ2n) is 3.18. The molecule has 2 N–H and O–H groups in total. The summed E-state index contributed by atoms with van der Waals surface area (Å²) in [6, 6.07) is 3.83. The van der Waals surface area contributed by atoms with Gasteiger partial charge < -0.3 is 10.3 Å². The third kappa shape index (κ3) is 1.52. The van der Waals surface area contributed by atoms with Crippen molar-refractivity contribution in [2.24, 2.45) is 5.73 Å². The minimum absolute atomic E-state index is 0.0225. The normalized spacial score (nSPS) is 12.7. The Hall–Kier alpha value is -1.68. The molecule has 1 atom stereocenters. The van der Waals surface area contributed by atoms with E-state index in [1.54, 1.807) is 24.9 Å². The van der Waals surface area contributed by atoms with Crippen LogP contribution < -0.4 is 5.73 Å². The van der Waals surface area contributed by atoms with Crippen LogP contribution in [0.15, 0.2) is 37.1 Å². The van der Waals surface area contributed by atoms with E-state index in [0.29, 0.717) is 0 Å². The van der Waals surface area contributed by atoms with Gasteiger partial charge in [0.15, 0.2) is 0 Å². The van der Waals surface area contributed by atoms with Crippen molar-refractivity contribution in [3.05, 3.63) is 42.7 Å². The molecule has 0 saturated carbocycles. The fraction of sp³-hybridized carbons (Fsp3) is 0.200. The van der Waals surface area contributed by atoms with Crippen LogP contribution >= 0.6 is 0 Å². The minimum atomic E-state index is -0.0225. The molecule has 0 aliphatic heterocycles. The SMILES string of the molecule is C[C@H](N)c1cncn1-c1ccncc1. The van der Waals surface area contributed by atoms with Gasteiger partial charge in [0, 0.05) is 24.1 Å². The van der Waals surface area contributed by atoms with Crippen LogP contribution in [0.2, 0.25) is 0 Å². The molecule has 0 aromatic carbocycles. The maximum atomic E-state index is 5.82. The maximum absolute atomic E-state index is 5.82. The topological polar surface area (TPSA) is 56.7 Å². The van der Waals surface area contributed by atoms with Crippen molar-refractivity contribution < 1.29 is 0 Å². The van der Waals surface area contributed by atoms with E-state index in [1.165, 1.54) is 0 Å². The summed E-state index contributed by atoms with van der Waals surface area (Å²) in [4.78, 5) is 8.05. The van der Waals surface area contributed by atoms with Gasteiger partial charge in [-0.25, -0.2) is 4.98 Å².